The first-order valence-electron chi connectivity index (χ1n) is 16.0. The number of ether oxygens (including phenoxy) is 2. The summed E-state index contributed by atoms with van der Waals surface area (Å²) in [7, 11) is 0. The number of carbonyl (C=O) groups excluding carboxylic acids is 2. The fourth-order valence-corrected chi connectivity index (χ4v) is 4.53. The fraction of sp³-hybridized carbons (Fsp3) is 0.938. The summed E-state index contributed by atoms with van der Waals surface area (Å²) in [6, 6.07) is 0. The Morgan fingerprint density at radius 3 is 1.30 bits per heavy atom. The van der Waals surface area contributed by atoms with Crippen LogP contribution in [-0.2, 0) is 19.1 Å². The molecule has 2 atom stereocenters. The quantitative estimate of drug-likeness (QED) is 0.0813. The van der Waals surface area contributed by atoms with Crippen molar-refractivity contribution < 1.29 is 24.2 Å². The summed E-state index contributed by atoms with van der Waals surface area (Å²) >= 11 is 0. The van der Waals surface area contributed by atoms with Crippen LogP contribution in [0.5, 0.6) is 0 Å². The molecule has 0 bridgehead atoms. The molecule has 0 aliphatic carbocycles. The zero-order valence-electron chi connectivity index (χ0n) is 24.9. The highest BCUT2D eigenvalue weighted by atomic mass is 16.6. The van der Waals surface area contributed by atoms with Crippen molar-refractivity contribution in [2.24, 2.45) is 5.92 Å². The summed E-state index contributed by atoms with van der Waals surface area (Å²) < 4.78 is 10.2. The molecule has 0 saturated carbocycles. The van der Waals surface area contributed by atoms with Crippen LogP contribution in [0.4, 0.5) is 0 Å². The lowest BCUT2D eigenvalue weighted by Crippen LogP contribution is -2.25. The van der Waals surface area contributed by atoms with Gasteiger partial charge in [-0.2, -0.15) is 0 Å². The molecule has 1 unspecified atom stereocenters. The van der Waals surface area contributed by atoms with Gasteiger partial charge in [0.05, 0.1) is 0 Å². The Hall–Kier alpha value is -1.10. The van der Waals surface area contributed by atoms with E-state index in [0.717, 1.165) is 38.0 Å². The number of hydrogen-bond donors (Lipinski definition) is 1. The van der Waals surface area contributed by atoms with Gasteiger partial charge in [-0.3, -0.25) is 9.59 Å². The van der Waals surface area contributed by atoms with Crippen molar-refractivity contribution in [3.63, 3.8) is 0 Å². The number of unbranched alkanes of at least 4 members (excludes halogenated alkanes) is 17. The van der Waals surface area contributed by atoms with E-state index < -0.39 is 6.10 Å². The van der Waals surface area contributed by atoms with Gasteiger partial charge in [0, 0.05) is 12.8 Å². The molecular formula is C32H62O5. The second kappa shape index (κ2) is 27.9. The zero-order valence-corrected chi connectivity index (χ0v) is 24.9. The Bertz CT molecular complexity index is 507. The maximum atomic E-state index is 11.9. The number of carbonyl (C=O) groups is 2. The molecule has 0 heterocycles. The van der Waals surface area contributed by atoms with Gasteiger partial charge >= 0.3 is 11.9 Å². The predicted molar refractivity (Wildman–Crippen MR) is 155 cm³/mol. The summed E-state index contributed by atoms with van der Waals surface area (Å²) in [5.74, 6) is 0.318. The van der Waals surface area contributed by atoms with Gasteiger partial charge in [-0.1, -0.05) is 143 Å². The third-order valence-corrected chi connectivity index (χ3v) is 7.38. The van der Waals surface area contributed by atoms with E-state index in [2.05, 4.69) is 20.8 Å². The molecule has 220 valence electrons. The van der Waals surface area contributed by atoms with Crippen molar-refractivity contribution in [1.29, 1.82) is 0 Å². The molecule has 0 saturated heterocycles. The minimum atomic E-state index is -0.953. The highest BCUT2D eigenvalue weighted by molar-refractivity contribution is 5.69. The monoisotopic (exact) mass is 526 g/mol. The third-order valence-electron chi connectivity index (χ3n) is 7.38. The van der Waals surface area contributed by atoms with Crippen molar-refractivity contribution in [3.8, 4) is 0 Å². The van der Waals surface area contributed by atoms with Gasteiger partial charge in [0.2, 0.25) is 0 Å². The summed E-state index contributed by atoms with van der Waals surface area (Å²) in [6.45, 7) is 6.64. The molecule has 0 aliphatic rings. The van der Waals surface area contributed by atoms with E-state index in [-0.39, 0.29) is 25.2 Å². The first kappa shape index (κ1) is 35.9. The molecule has 0 fully saturated rings. The van der Waals surface area contributed by atoms with Gasteiger partial charge in [-0.15, -0.1) is 0 Å². The summed E-state index contributed by atoms with van der Waals surface area (Å²) in [5.41, 5.74) is 0. The highest BCUT2D eigenvalue weighted by Crippen LogP contribution is 2.15. The lowest BCUT2D eigenvalue weighted by atomic mass is 9.99. The fourth-order valence-electron chi connectivity index (χ4n) is 4.53. The van der Waals surface area contributed by atoms with Crippen LogP contribution in [0.15, 0.2) is 0 Å². The van der Waals surface area contributed by atoms with Crippen LogP contribution in [0.1, 0.15) is 168 Å². The van der Waals surface area contributed by atoms with Crippen molar-refractivity contribution >= 4 is 11.9 Å². The average Bonchev–Trinajstić information content (AvgIpc) is 2.90. The standard InChI is InChI=1S/C32H62O5/c1-4-6-7-8-9-12-16-19-22-25-31(34)36-27-30(33)28-37-32(35)26-23-20-17-14-11-10-13-15-18-21-24-29(3)5-2/h29-30,33H,4-28H2,1-3H3/t29?,30-/m0/s1. The second-order valence-electron chi connectivity index (χ2n) is 11.2. The smallest absolute Gasteiger partial charge is 0.305 e. The minimum Gasteiger partial charge on any atom is -0.463 e. The minimum absolute atomic E-state index is 0.110. The Morgan fingerprint density at radius 2 is 0.919 bits per heavy atom. The van der Waals surface area contributed by atoms with E-state index in [0.29, 0.717) is 12.8 Å². The molecule has 37 heavy (non-hydrogen) atoms. The van der Waals surface area contributed by atoms with Gasteiger partial charge in [0.15, 0.2) is 0 Å². The topological polar surface area (TPSA) is 72.8 Å². The first-order chi connectivity index (χ1) is 18.0. The van der Waals surface area contributed by atoms with Crippen molar-refractivity contribution in [2.45, 2.75) is 175 Å². The van der Waals surface area contributed by atoms with Gasteiger partial charge in [-0.05, 0) is 18.8 Å². The maximum absolute atomic E-state index is 11.9. The van der Waals surface area contributed by atoms with E-state index in [9.17, 15) is 14.7 Å². The SMILES string of the molecule is CCCCCCCCCCCC(=O)OC[C@H](O)COC(=O)CCCCCCCCCCCCC(C)CC. The molecule has 0 rings (SSSR count). The Labute approximate surface area is 229 Å². The van der Waals surface area contributed by atoms with Crippen molar-refractivity contribution in [2.75, 3.05) is 13.2 Å². The van der Waals surface area contributed by atoms with E-state index in [1.807, 2.05) is 0 Å². The normalized spacial score (nSPS) is 12.9. The molecule has 0 aromatic carbocycles. The predicted octanol–water partition coefficient (Wildman–Crippen LogP) is 9.08. The van der Waals surface area contributed by atoms with Gasteiger partial charge in [-0.25, -0.2) is 0 Å². The highest BCUT2D eigenvalue weighted by Gasteiger charge is 2.12. The molecule has 0 aromatic rings. The largest absolute Gasteiger partial charge is 0.463 e. The maximum Gasteiger partial charge on any atom is 0.305 e. The first-order valence-corrected chi connectivity index (χ1v) is 16.0. The summed E-state index contributed by atoms with van der Waals surface area (Å²) in [5, 5.41) is 9.92. The Kier molecular flexibility index (Phi) is 27.1. The lowest BCUT2D eigenvalue weighted by Gasteiger charge is -2.12. The molecule has 1 N–H and O–H groups in total. The van der Waals surface area contributed by atoms with Gasteiger partial charge in [0.1, 0.15) is 19.3 Å². The summed E-state index contributed by atoms with van der Waals surface area (Å²) in [4.78, 5) is 23.7. The third kappa shape index (κ3) is 27.7. The molecule has 5 heteroatoms. The van der Waals surface area contributed by atoms with E-state index in [1.165, 1.54) is 103 Å². The second-order valence-corrected chi connectivity index (χ2v) is 11.2. The molecule has 0 spiro atoms. The Morgan fingerprint density at radius 1 is 0.568 bits per heavy atom. The average molecular weight is 527 g/mol. The van der Waals surface area contributed by atoms with E-state index in [1.54, 1.807) is 0 Å². The molecule has 5 nitrogen and oxygen atoms in total. The van der Waals surface area contributed by atoms with E-state index in [4.69, 9.17) is 9.47 Å². The van der Waals surface area contributed by atoms with Gasteiger partial charge in [0.25, 0.3) is 0 Å². The molecule has 0 aliphatic heterocycles. The lowest BCUT2D eigenvalue weighted by molar-refractivity contribution is -0.152. The van der Waals surface area contributed by atoms with Crippen molar-refractivity contribution in [3.05, 3.63) is 0 Å². The molecule has 0 amide bonds. The number of rotatable bonds is 28. The van der Waals surface area contributed by atoms with Crippen LogP contribution in [-0.4, -0.2) is 36.4 Å². The molecule has 0 radical (unpaired) electrons. The van der Waals surface area contributed by atoms with Crippen LogP contribution < -0.4 is 0 Å². The van der Waals surface area contributed by atoms with Crippen LogP contribution in [0.3, 0.4) is 0 Å². The van der Waals surface area contributed by atoms with Crippen LogP contribution >= 0.6 is 0 Å². The van der Waals surface area contributed by atoms with E-state index >= 15 is 0 Å². The number of aliphatic hydroxyl groups excluding tert-OH is 1. The van der Waals surface area contributed by atoms with Gasteiger partial charge < -0.3 is 14.6 Å². The van der Waals surface area contributed by atoms with Crippen LogP contribution in [0.2, 0.25) is 0 Å². The Balaban J connectivity index is 3.42. The summed E-state index contributed by atoms with van der Waals surface area (Å²) in [6.07, 6.45) is 25.7. The van der Waals surface area contributed by atoms with Crippen molar-refractivity contribution in [1.82, 2.24) is 0 Å². The molecular weight excluding hydrogens is 464 g/mol. The zero-order chi connectivity index (χ0) is 27.4. The van der Waals surface area contributed by atoms with Crippen LogP contribution in [0, 0.1) is 5.92 Å². The number of aliphatic hydroxyl groups is 1. The number of hydrogen-bond acceptors (Lipinski definition) is 5. The molecule has 0 aromatic heterocycles. The number of esters is 2. The van der Waals surface area contributed by atoms with Crippen LogP contribution in [0.25, 0.3) is 0 Å².